The van der Waals surface area contributed by atoms with Crippen LogP contribution in [0, 0.1) is 49.8 Å². The van der Waals surface area contributed by atoms with E-state index in [1.165, 1.54) is 48.2 Å². The molecule has 1 saturated heterocycles. The van der Waals surface area contributed by atoms with Crippen molar-refractivity contribution < 1.29 is 24.2 Å². The molecule has 2 amide bonds. The van der Waals surface area contributed by atoms with Gasteiger partial charge in [-0.3, -0.25) is 39.5 Å². The molecule has 15 heteroatoms. The number of benzene rings is 3. The summed E-state index contributed by atoms with van der Waals surface area (Å²) in [6, 6.07) is 17.0. The number of hydrogen-bond donors (Lipinski definition) is 1. The summed E-state index contributed by atoms with van der Waals surface area (Å²) < 4.78 is 6.29. The number of anilines is 1. The van der Waals surface area contributed by atoms with Gasteiger partial charge in [-0.2, -0.15) is 0 Å². The van der Waals surface area contributed by atoms with Crippen molar-refractivity contribution in [2.45, 2.75) is 29.2 Å². The number of carbonyl (C=O) groups is 2. The molecule has 2 bridgehead atoms. The summed E-state index contributed by atoms with van der Waals surface area (Å²) >= 11 is 8.60. The second-order valence-corrected chi connectivity index (χ2v) is 14.8. The Morgan fingerprint density at radius 2 is 1.55 bits per heavy atom. The van der Waals surface area contributed by atoms with Gasteiger partial charge < -0.3 is 9.72 Å². The lowest BCUT2D eigenvalue weighted by Gasteiger charge is -2.43. The van der Waals surface area contributed by atoms with Crippen LogP contribution in [-0.2, 0) is 16.2 Å². The first-order valence-electron chi connectivity index (χ1n) is 14.8. The second kappa shape index (κ2) is 11.0. The lowest BCUT2D eigenvalue weighted by Crippen LogP contribution is -2.42. The zero-order valence-electron chi connectivity index (χ0n) is 24.1. The van der Waals surface area contributed by atoms with Gasteiger partial charge in [0, 0.05) is 50.9 Å². The first-order chi connectivity index (χ1) is 22.6. The van der Waals surface area contributed by atoms with Crippen LogP contribution in [0.5, 0.6) is 5.75 Å². The molecule has 1 N–H and O–H groups in total. The van der Waals surface area contributed by atoms with Crippen molar-refractivity contribution in [3.63, 3.8) is 0 Å². The van der Waals surface area contributed by atoms with Crippen LogP contribution < -0.4 is 14.5 Å². The molecule has 238 valence electrons. The van der Waals surface area contributed by atoms with Crippen molar-refractivity contribution in [2.75, 3.05) is 4.90 Å². The smallest absolute Gasteiger partial charge is 0.305 e. The predicted octanol–water partition coefficient (Wildman–Crippen LogP) is 6.16. The molecule has 1 aromatic heterocycles. The summed E-state index contributed by atoms with van der Waals surface area (Å²) in [5, 5.41) is 24.3. The number of amides is 2. The Morgan fingerprint density at radius 3 is 2.23 bits per heavy atom. The van der Waals surface area contributed by atoms with Crippen molar-refractivity contribution in [3.05, 3.63) is 118 Å². The van der Waals surface area contributed by atoms with E-state index in [4.69, 9.17) is 16.3 Å². The highest BCUT2D eigenvalue weighted by atomic mass is 35.5. The number of imide groups is 1. The molecule has 2 aliphatic heterocycles. The fourth-order valence-corrected chi connectivity index (χ4v) is 11.1. The summed E-state index contributed by atoms with van der Waals surface area (Å²) in [6.45, 7) is 0.168. The van der Waals surface area contributed by atoms with Gasteiger partial charge in [-0.05, 0) is 60.1 Å². The van der Waals surface area contributed by atoms with Crippen molar-refractivity contribution in [1.82, 2.24) is 4.98 Å². The highest BCUT2D eigenvalue weighted by Gasteiger charge is 2.70. The van der Waals surface area contributed by atoms with Crippen molar-refractivity contribution in [1.29, 1.82) is 0 Å². The number of H-pyrrole nitrogens is 1. The minimum atomic E-state index is -0.624. The molecule has 4 aliphatic rings. The van der Waals surface area contributed by atoms with E-state index in [1.54, 1.807) is 18.2 Å². The Bertz CT molecular complexity index is 2050. The van der Waals surface area contributed by atoms with Gasteiger partial charge in [0.05, 0.1) is 32.4 Å². The Balaban J connectivity index is 1.20. The molecule has 7 atom stereocenters. The Morgan fingerprint density at radius 1 is 0.894 bits per heavy atom. The lowest BCUT2D eigenvalue weighted by atomic mass is 9.68. The first kappa shape index (κ1) is 29.8. The van der Waals surface area contributed by atoms with E-state index in [-0.39, 0.29) is 63.4 Å². The normalized spacial score (nSPS) is 27.0. The van der Waals surface area contributed by atoms with Gasteiger partial charge in [-0.1, -0.05) is 35.1 Å². The van der Waals surface area contributed by atoms with E-state index in [9.17, 15) is 34.6 Å². The summed E-state index contributed by atoms with van der Waals surface area (Å²) in [7, 11) is 0. The third-order valence-electron chi connectivity index (χ3n) is 9.89. The number of nitro groups is 2. The number of aromatic nitrogens is 1. The number of halogens is 1. The number of non-ortho nitro benzene ring substituents is 2. The Labute approximate surface area is 279 Å². The standard InChI is InChI=1S/C32H23ClN4O8S2/c33-15-3-1-14(2-4-15)13-45-22-10-9-18(37(43)44)11-19(22)23-24-20-12-21(27(24)46-29-28(23)47-32(40)34-29)26-25(20)30(38)35(31(26)39)16-5-7-17(8-6-16)36(41)42/h1-11,20-21,23-27H,12-13H2,(H,34,40)/t20-,21-,23?,24?,25?,26?,27?/m1/s1. The monoisotopic (exact) mass is 690 g/mol. The van der Waals surface area contributed by atoms with Crippen LogP contribution in [0.25, 0.3) is 0 Å². The van der Waals surface area contributed by atoms with Gasteiger partial charge in [0.15, 0.2) is 0 Å². The van der Waals surface area contributed by atoms with E-state index < -0.39 is 27.6 Å². The highest BCUT2D eigenvalue weighted by molar-refractivity contribution is 8.00. The molecule has 47 heavy (non-hydrogen) atoms. The minimum absolute atomic E-state index is 0.129. The fraction of sp³-hybridized carbons (Fsp3) is 0.281. The van der Waals surface area contributed by atoms with Crippen molar-refractivity contribution >= 4 is 63.6 Å². The lowest BCUT2D eigenvalue weighted by molar-refractivity contribution is -0.385. The third-order valence-corrected chi connectivity index (χ3v) is 12.7. The third kappa shape index (κ3) is 4.68. The highest BCUT2D eigenvalue weighted by Crippen LogP contribution is 2.69. The maximum absolute atomic E-state index is 14.1. The number of nitro benzene ring substituents is 2. The van der Waals surface area contributed by atoms with E-state index in [0.717, 1.165) is 26.7 Å². The SMILES string of the molecule is O=C1C2C(C(=O)N1c1ccc([N+](=O)[O-])cc1)[C@@H]1C[C@H]2C2Sc3[nH]c(=O)sc3C(c3cc([N+](=O)[O-])ccc3OCc3ccc(Cl)cc3)C21. The number of nitrogens with one attached hydrogen (secondary N) is 1. The van der Waals surface area contributed by atoms with Crippen LogP contribution in [0.1, 0.15) is 28.3 Å². The van der Waals surface area contributed by atoms with Gasteiger partial charge in [-0.25, -0.2) is 0 Å². The zero-order chi connectivity index (χ0) is 32.7. The van der Waals surface area contributed by atoms with Crippen LogP contribution in [0.3, 0.4) is 0 Å². The number of nitrogens with zero attached hydrogens (tertiary/aromatic N) is 3. The van der Waals surface area contributed by atoms with E-state index in [2.05, 4.69) is 4.98 Å². The van der Waals surface area contributed by atoms with Crippen molar-refractivity contribution in [3.8, 4) is 5.75 Å². The van der Waals surface area contributed by atoms with Crippen LogP contribution >= 0.6 is 34.7 Å². The molecule has 5 unspecified atom stereocenters. The zero-order valence-corrected chi connectivity index (χ0v) is 26.5. The van der Waals surface area contributed by atoms with Crippen molar-refractivity contribution in [2.24, 2.45) is 29.6 Å². The number of thiazole rings is 1. The molecular weight excluding hydrogens is 668 g/mol. The van der Waals surface area contributed by atoms with Gasteiger partial charge in [0.1, 0.15) is 12.4 Å². The summed E-state index contributed by atoms with van der Waals surface area (Å²) in [4.78, 5) is 67.4. The Hall–Kier alpha value is -4.53. The van der Waals surface area contributed by atoms with Crippen LogP contribution in [0.2, 0.25) is 5.02 Å². The summed E-state index contributed by atoms with van der Waals surface area (Å²) in [6.07, 6.45) is 0.620. The quantitative estimate of drug-likeness (QED) is 0.136. The molecule has 2 aliphatic carbocycles. The van der Waals surface area contributed by atoms with Gasteiger partial charge >= 0.3 is 4.87 Å². The minimum Gasteiger partial charge on any atom is -0.489 e. The first-order valence-corrected chi connectivity index (χ1v) is 16.9. The van der Waals surface area contributed by atoms with E-state index in [0.29, 0.717) is 27.8 Å². The molecule has 3 heterocycles. The average molecular weight is 691 g/mol. The molecule has 3 aromatic carbocycles. The molecule has 8 rings (SSSR count). The number of thioether (sulfide) groups is 1. The fourth-order valence-electron chi connectivity index (χ4n) is 8.11. The second-order valence-electron chi connectivity index (χ2n) is 12.1. The summed E-state index contributed by atoms with van der Waals surface area (Å²) in [5.74, 6) is -2.62. The van der Waals surface area contributed by atoms with E-state index >= 15 is 0 Å². The molecule has 3 fully saturated rings. The molecule has 4 aromatic rings. The van der Waals surface area contributed by atoms with Gasteiger partial charge in [0.25, 0.3) is 11.4 Å². The summed E-state index contributed by atoms with van der Waals surface area (Å²) in [5.41, 5.74) is 1.40. The topological polar surface area (TPSA) is 166 Å². The number of fused-ring (bicyclic) bond motifs is 9. The van der Waals surface area contributed by atoms with Crippen LogP contribution in [0.4, 0.5) is 17.1 Å². The van der Waals surface area contributed by atoms with Crippen LogP contribution in [0.15, 0.2) is 76.6 Å². The van der Waals surface area contributed by atoms with E-state index in [1.807, 2.05) is 12.1 Å². The largest absolute Gasteiger partial charge is 0.489 e. The number of aromatic amines is 1. The maximum Gasteiger partial charge on any atom is 0.305 e. The average Bonchev–Trinajstić information content (AvgIpc) is 3.79. The molecule has 0 radical (unpaired) electrons. The number of rotatable bonds is 7. The Kier molecular flexibility index (Phi) is 7.00. The number of hydrogen-bond acceptors (Lipinski definition) is 10. The molecular formula is C32H23ClN4O8S2. The number of ether oxygens (including phenoxy) is 1. The van der Waals surface area contributed by atoms with Gasteiger partial charge in [-0.15, -0.1) is 11.8 Å². The molecule has 0 spiro atoms. The van der Waals surface area contributed by atoms with Crippen LogP contribution in [-0.4, -0.2) is 31.9 Å². The predicted molar refractivity (Wildman–Crippen MR) is 173 cm³/mol. The van der Waals surface area contributed by atoms with Gasteiger partial charge in [0.2, 0.25) is 11.8 Å². The molecule has 12 nitrogen and oxygen atoms in total. The molecule has 2 saturated carbocycles. The maximum atomic E-state index is 14.1. The number of carbonyl (C=O) groups excluding carboxylic acids is 2.